The number of likely N-dealkylation sites (N-methyl/N-ethyl adjacent to an activating group) is 1. The summed E-state index contributed by atoms with van der Waals surface area (Å²) < 4.78 is 25.0. The molecule has 0 radical (unpaired) electrons. The van der Waals surface area contributed by atoms with Crippen LogP contribution in [0.4, 0.5) is 4.39 Å². The summed E-state index contributed by atoms with van der Waals surface area (Å²) in [5.74, 6) is -0.306. The largest absolute Gasteiger partial charge is 0.381 e. The van der Waals surface area contributed by atoms with Crippen LogP contribution in [0.2, 0.25) is 0 Å². The molecular weight excluding hydrogens is 235 g/mol. The Morgan fingerprint density at radius 1 is 1.50 bits per heavy atom. The summed E-state index contributed by atoms with van der Waals surface area (Å²) in [7, 11) is 3.50. The summed E-state index contributed by atoms with van der Waals surface area (Å²) in [6.45, 7) is 1.28. The number of ether oxygens (including phenoxy) is 2. The van der Waals surface area contributed by atoms with Crippen molar-refractivity contribution in [1.82, 2.24) is 10.3 Å². The molecule has 0 aromatic carbocycles. The fourth-order valence-corrected chi connectivity index (χ4v) is 2.65. The molecule has 1 aliphatic rings. The van der Waals surface area contributed by atoms with Crippen LogP contribution < -0.4 is 5.32 Å². The van der Waals surface area contributed by atoms with E-state index in [0.29, 0.717) is 18.8 Å². The van der Waals surface area contributed by atoms with Crippen molar-refractivity contribution in [2.75, 3.05) is 27.4 Å². The van der Waals surface area contributed by atoms with E-state index in [9.17, 15) is 4.39 Å². The maximum absolute atomic E-state index is 13.9. The van der Waals surface area contributed by atoms with Crippen molar-refractivity contribution in [3.63, 3.8) is 0 Å². The molecule has 0 aliphatic carbocycles. The third kappa shape index (κ3) is 2.39. The zero-order chi connectivity index (χ0) is 13.0. The van der Waals surface area contributed by atoms with Crippen LogP contribution in [-0.2, 0) is 9.47 Å². The Morgan fingerprint density at radius 3 is 2.78 bits per heavy atom. The second kappa shape index (κ2) is 5.73. The van der Waals surface area contributed by atoms with Crippen molar-refractivity contribution in [2.45, 2.75) is 24.5 Å². The van der Waals surface area contributed by atoms with E-state index in [1.807, 2.05) is 7.05 Å². The summed E-state index contributed by atoms with van der Waals surface area (Å²) >= 11 is 0. The van der Waals surface area contributed by atoms with Gasteiger partial charge in [0.2, 0.25) is 0 Å². The van der Waals surface area contributed by atoms with Crippen molar-refractivity contribution in [2.24, 2.45) is 0 Å². The van der Waals surface area contributed by atoms with Gasteiger partial charge in [0.05, 0.1) is 17.8 Å². The van der Waals surface area contributed by atoms with Crippen LogP contribution >= 0.6 is 0 Å². The molecule has 100 valence electrons. The van der Waals surface area contributed by atoms with E-state index >= 15 is 0 Å². The normalized spacial score (nSPS) is 20.6. The molecule has 4 nitrogen and oxygen atoms in total. The fraction of sp³-hybridized carbons (Fsp3) is 0.615. The van der Waals surface area contributed by atoms with E-state index < -0.39 is 5.60 Å². The quantitative estimate of drug-likeness (QED) is 0.887. The molecule has 0 saturated carbocycles. The zero-order valence-electron chi connectivity index (χ0n) is 10.8. The summed E-state index contributed by atoms with van der Waals surface area (Å²) in [5.41, 5.74) is 0.172. The molecule has 1 N–H and O–H groups in total. The monoisotopic (exact) mass is 254 g/mol. The first kappa shape index (κ1) is 13.4. The van der Waals surface area contributed by atoms with Gasteiger partial charge in [-0.05, 0) is 13.1 Å². The highest BCUT2D eigenvalue weighted by molar-refractivity contribution is 5.22. The molecular formula is C13H19FN2O2. The number of hydrogen-bond acceptors (Lipinski definition) is 4. The molecule has 5 heteroatoms. The minimum atomic E-state index is -0.421. The molecule has 1 fully saturated rings. The second-order valence-electron chi connectivity index (χ2n) is 4.50. The Labute approximate surface area is 107 Å². The van der Waals surface area contributed by atoms with Crippen molar-refractivity contribution in [3.05, 3.63) is 29.8 Å². The molecule has 2 rings (SSSR count). The lowest BCUT2D eigenvalue weighted by molar-refractivity contribution is -0.111. The molecule has 18 heavy (non-hydrogen) atoms. The number of halogens is 1. The molecule has 1 atom stereocenters. The van der Waals surface area contributed by atoms with Gasteiger partial charge in [0.1, 0.15) is 5.82 Å². The topological polar surface area (TPSA) is 43.4 Å². The highest BCUT2D eigenvalue weighted by Gasteiger charge is 2.41. The Kier molecular flexibility index (Phi) is 4.27. The van der Waals surface area contributed by atoms with Crippen LogP contribution in [0, 0.1) is 5.82 Å². The second-order valence-corrected chi connectivity index (χ2v) is 4.50. The van der Waals surface area contributed by atoms with Gasteiger partial charge in [-0.25, -0.2) is 4.39 Å². The number of nitrogens with zero attached hydrogens (tertiary/aromatic N) is 1. The predicted molar refractivity (Wildman–Crippen MR) is 65.8 cm³/mol. The minimum absolute atomic E-state index is 0.200. The third-order valence-electron chi connectivity index (χ3n) is 3.68. The molecule has 0 spiro atoms. The number of nitrogens with one attached hydrogen (secondary N) is 1. The van der Waals surface area contributed by atoms with Crippen molar-refractivity contribution >= 4 is 0 Å². The van der Waals surface area contributed by atoms with E-state index in [0.717, 1.165) is 12.8 Å². The highest BCUT2D eigenvalue weighted by Crippen LogP contribution is 2.37. The van der Waals surface area contributed by atoms with Gasteiger partial charge in [0, 0.05) is 44.9 Å². The average Bonchev–Trinajstić information content (AvgIpc) is 2.43. The number of hydrogen-bond donors (Lipinski definition) is 1. The van der Waals surface area contributed by atoms with E-state index in [1.165, 1.54) is 6.20 Å². The molecule has 0 amide bonds. The maximum atomic E-state index is 13.9. The van der Waals surface area contributed by atoms with Gasteiger partial charge in [0.25, 0.3) is 0 Å². The van der Waals surface area contributed by atoms with Crippen LogP contribution in [0.3, 0.4) is 0 Å². The lowest BCUT2D eigenvalue weighted by Crippen LogP contribution is -2.48. The number of rotatable bonds is 4. The van der Waals surface area contributed by atoms with E-state index in [4.69, 9.17) is 9.47 Å². The van der Waals surface area contributed by atoms with E-state index in [-0.39, 0.29) is 11.9 Å². The van der Waals surface area contributed by atoms with Crippen molar-refractivity contribution in [3.8, 4) is 0 Å². The molecule has 1 aromatic rings. The summed E-state index contributed by atoms with van der Waals surface area (Å²) in [5, 5.41) is 3.17. The smallest absolute Gasteiger partial charge is 0.146 e. The summed E-state index contributed by atoms with van der Waals surface area (Å²) in [6.07, 6.45) is 4.33. The van der Waals surface area contributed by atoms with Crippen LogP contribution in [0.5, 0.6) is 0 Å². The number of methoxy groups -OCH3 is 1. The third-order valence-corrected chi connectivity index (χ3v) is 3.68. The lowest BCUT2D eigenvalue weighted by Gasteiger charge is -2.42. The van der Waals surface area contributed by atoms with Crippen molar-refractivity contribution in [1.29, 1.82) is 0 Å². The SMILES string of the molecule is CNC(c1ccncc1F)C1(OC)CCOCC1. The van der Waals surface area contributed by atoms with Crippen LogP contribution in [0.1, 0.15) is 24.4 Å². The van der Waals surface area contributed by atoms with Crippen LogP contribution in [-0.4, -0.2) is 38.0 Å². The first-order chi connectivity index (χ1) is 8.73. The van der Waals surface area contributed by atoms with Gasteiger partial charge in [0.15, 0.2) is 0 Å². The Hall–Kier alpha value is -1.04. The molecule has 1 aliphatic heterocycles. The first-order valence-corrected chi connectivity index (χ1v) is 6.13. The van der Waals surface area contributed by atoms with E-state index in [1.54, 1.807) is 19.4 Å². The number of aromatic nitrogens is 1. The molecule has 1 aromatic heterocycles. The van der Waals surface area contributed by atoms with Crippen molar-refractivity contribution < 1.29 is 13.9 Å². The zero-order valence-corrected chi connectivity index (χ0v) is 10.8. The standard InChI is InChI=1S/C13H19FN2O2/c1-15-12(10-3-6-16-9-11(10)14)13(17-2)4-7-18-8-5-13/h3,6,9,12,15H,4-5,7-8H2,1-2H3. The Morgan fingerprint density at radius 2 is 2.22 bits per heavy atom. The Balaban J connectivity index is 2.34. The molecule has 2 heterocycles. The maximum Gasteiger partial charge on any atom is 0.146 e. The predicted octanol–water partition coefficient (Wildman–Crippen LogP) is 1.68. The van der Waals surface area contributed by atoms with E-state index in [2.05, 4.69) is 10.3 Å². The Bertz CT molecular complexity index is 394. The number of pyridine rings is 1. The minimum Gasteiger partial charge on any atom is -0.381 e. The van der Waals surface area contributed by atoms with Gasteiger partial charge in [-0.3, -0.25) is 4.98 Å². The van der Waals surface area contributed by atoms with Gasteiger partial charge in [-0.1, -0.05) is 0 Å². The van der Waals surface area contributed by atoms with Crippen LogP contribution in [0.25, 0.3) is 0 Å². The van der Waals surface area contributed by atoms with Gasteiger partial charge in [-0.15, -0.1) is 0 Å². The summed E-state index contributed by atoms with van der Waals surface area (Å²) in [6, 6.07) is 1.50. The summed E-state index contributed by atoms with van der Waals surface area (Å²) in [4.78, 5) is 3.79. The van der Waals surface area contributed by atoms with Gasteiger partial charge >= 0.3 is 0 Å². The highest BCUT2D eigenvalue weighted by atomic mass is 19.1. The average molecular weight is 254 g/mol. The molecule has 0 bridgehead atoms. The lowest BCUT2D eigenvalue weighted by atomic mass is 9.82. The fourth-order valence-electron chi connectivity index (χ4n) is 2.65. The molecule has 1 unspecified atom stereocenters. The molecule has 1 saturated heterocycles. The first-order valence-electron chi connectivity index (χ1n) is 6.13. The van der Waals surface area contributed by atoms with Gasteiger partial charge in [-0.2, -0.15) is 0 Å². The van der Waals surface area contributed by atoms with Gasteiger partial charge < -0.3 is 14.8 Å². The van der Waals surface area contributed by atoms with Crippen LogP contribution in [0.15, 0.2) is 18.5 Å².